The van der Waals surface area contributed by atoms with Crippen LogP contribution < -0.4 is 15.6 Å². The van der Waals surface area contributed by atoms with Gasteiger partial charge in [-0.1, -0.05) is 42.5 Å². The highest BCUT2D eigenvalue weighted by atomic mass is 32.1. The fraction of sp³-hybridized carbons (Fsp3) is 0.310. The first-order valence-electron chi connectivity index (χ1n) is 12.9. The van der Waals surface area contributed by atoms with Crippen molar-refractivity contribution in [2.75, 3.05) is 0 Å². The maximum absolute atomic E-state index is 14.0. The van der Waals surface area contributed by atoms with E-state index in [0.29, 0.717) is 35.9 Å². The standard InChI is InChI=1S/C29H27FN4O4S/c30-20-9-6-17(7-10-20)12-21-14-31-27(39-21)24-25(38-16-18-4-2-1-3-5-18)28(35)34-15-19-8-11-22(26(34)33-24)23(13-19)32-29(36)37/h1-7,9-10,14,19,22-23,32H,8,11-13,15-16H2,(H,36,37). The number of carboxylic acid groups (broad SMARTS) is 1. The molecule has 2 aliphatic heterocycles. The second kappa shape index (κ2) is 10.6. The molecule has 2 bridgehead atoms. The van der Waals surface area contributed by atoms with Crippen LogP contribution in [0.1, 0.15) is 47.0 Å². The zero-order chi connectivity index (χ0) is 26.9. The van der Waals surface area contributed by atoms with Gasteiger partial charge in [-0.15, -0.1) is 11.3 Å². The topological polar surface area (TPSA) is 106 Å². The minimum atomic E-state index is -1.07. The zero-order valence-corrected chi connectivity index (χ0v) is 21.9. The molecule has 2 N–H and O–H groups in total. The third kappa shape index (κ3) is 5.29. The summed E-state index contributed by atoms with van der Waals surface area (Å²) in [6.45, 7) is 0.680. The zero-order valence-electron chi connectivity index (χ0n) is 21.0. The number of carbonyl (C=O) groups is 1. The Kier molecular flexibility index (Phi) is 6.86. The monoisotopic (exact) mass is 546 g/mol. The average Bonchev–Trinajstić information content (AvgIpc) is 3.25. The van der Waals surface area contributed by atoms with Crippen molar-refractivity contribution in [1.29, 1.82) is 0 Å². The molecule has 3 unspecified atom stereocenters. The molecular formula is C29H27FN4O4S. The van der Waals surface area contributed by atoms with Crippen molar-refractivity contribution in [3.63, 3.8) is 0 Å². The van der Waals surface area contributed by atoms with E-state index in [9.17, 15) is 19.1 Å². The Morgan fingerprint density at radius 3 is 2.69 bits per heavy atom. The summed E-state index contributed by atoms with van der Waals surface area (Å²) in [6, 6.07) is 15.6. The summed E-state index contributed by atoms with van der Waals surface area (Å²) >= 11 is 1.41. The first kappa shape index (κ1) is 25.2. The molecule has 1 amide bonds. The number of thiazole rings is 1. The van der Waals surface area contributed by atoms with Crippen LogP contribution in [0.5, 0.6) is 5.75 Å². The van der Waals surface area contributed by atoms with E-state index in [1.807, 2.05) is 30.3 Å². The minimum Gasteiger partial charge on any atom is -0.481 e. The van der Waals surface area contributed by atoms with Crippen LogP contribution in [-0.4, -0.2) is 31.8 Å². The van der Waals surface area contributed by atoms with Crippen LogP contribution in [0.15, 0.2) is 65.6 Å². The lowest BCUT2D eigenvalue weighted by atomic mass is 9.79. The molecule has 0 radical (unpaired) electrons. The number of nitrogens with zero attached hydrogens (tertiary/aromatic N) is 3. The molecule has 3 aliphatic rings. The lowest BCUT2D eigenvalue weighted by Gasteiger charge is -2.31. The molecule has 2 aromatic heterocycles. The van der Waals surface area contributed by atoms with Crippen LogP contribution in [0.3, 0.4) is 0 Å². The van der Waals surface area contributed by atoms with Crippen molar-refractivity contribution >= 4 is 17.4 Å². The van der Waals surface area contributed by atoms with Crippen molar-refractivity contribution in [2.24, 2.45) is 5.92 Å². The van der Waals surface area contributed by atoms with E-state index >= 15 is 0 Å². The van der Waals surface area contributed by atoms with Gasteiger partial charge in [-0.25, -0.2) is 19.2 Å². The Labute approximate surface area is 228 Å². The van der Waals surface area contributed by atoms with Gasteiger partial charge < -0.3 is 15.2 Å². The Balaban J connectivity index is 1.41. The minimum absolute atomic E-state index is 0.148. The number of ether oxygens (including phenoxy) is 1. The third-order valence-electron chi connectivity index (χ3n) is 7.47. The van der Waals surface area contributed by atoms with Crippen LogP contribution in [0.4, 0.5) is 9.18 Å². The van der Waals surface area contributed by atoms with E-state index in [1.165, 1.54) is 23.5 Å². The van der Waals surface area contributed by atoms with Crippen LogP contribution in [-0.2, 0) is 19.6 Å². The molecule has 7 rings (SSSR count). The van der Waals surface area contributed by atoms with Crippen LogP contribution in [0.25, 0.3) is 10.7 Å². The Morgan fingerprint density at radius 2 is 1.92 bits per heavy atom. The average molecular weight is 547 g/mol. The quantitative estimate of drug-likeness (QED) is 0.330. The lowest BCUT2D eigenvalue weighted by molar-refractivity contribution is 0.177. The Hall–Kier alpha value is -4.05. The highest BCUT2D eigenvalue weighted by Gasteiger charge is 2.40. The number of halogens is 1. The Morgan fingerprint density at radius 1 is 1.13 bits per heavy atom. The van der Waals surface area contributed by atoms with E-state index in [2.05, 4.69) is 10.3 Å². The normalized spacial score (nSPS) is 19.8. The van der Waals surface area contributed by atoms with Crippen LogP contribution in [0.2, 0.25) is 0 Å². The predicted octanol–water partition coefficient (Wildman–Crippen LogP) is 5.21. The number of fused-ring (bicyclic) bond motifs is 2. The van der Waals surface area contributed by atoms with Gasteiger partial charge in [0.15, 0.2) is 0 Å². The molecule has 2 aromatic carbocycles. The number of hydrogen-bond acceptors (Lipinski definition) is 6. The second-order valence-electron chi connectivity index (χ2n) is 10.1. The molecule has 3 atom stereocenters. The van der Waals surface area contributed by atoms with Crippen molar-refractivity contribution in [2.45, 2.75) is 50.8 Å². The molecule has 4 aromatic rings. The summed E-state index contributed by atoms with van der Waals surface area (Å²) < 4.78 is 21.2. The van der Waals surface area contributed by atoms with Gasteiger partial charge in [0.2, 0.25) is 5.75 Å². The largest absolute Gasteiger partial charge is 0.481 e. The number of benzene rings is 2. The Bertz CT molecular complexity index is 1550. The fourth-order valence-electron chi connectivity index (χ4n) is 5.63. The molecule has 1 aliphatic carbocycles. The van der Waals surface area contributed by atoms with Crippen molar-refractivity contribution in [1.82, 2.24) is 19.9 Å². The van der Waals surface area contributed by atoms with E-state index < -0.39 is 6.09 Å². The number of amides is 1. The number of nitrogens with one attached hydrogen (secondary N) is 1. The van der Waals surface area contributed by atoms with Gasteiger partial charge in [0, 0.05) is 36.0 Å². The molecule has 1 fully saturated rings. The van der Waals surface area contributed by atoms with Crippen LogP contribution >= 0.6 is 11.3 Å². The first-order valence-corrected chi connectivity index (χ1v) is 13.8. The lowest BCUT2D eigenvalue weighted by Crippen LogP contribution is -2.42. The molecule has 1 saturated carbocycles. The van der Waals surface area contributed by atoms with E-state index in [1.54, 1.807) is 22.9 Å². The van der Waals surface area contributed by atoms with Gasteiger partial charge in [-0.05, 0) is 48.4 Å². The van der Waals surface area contributed by atoms with Gasteiger partial charge in [-0.3, -0.25) is 9.36 Å². The molecule has 39 heavy (non-hydrogen) atoms. The SMILES string of the molecule is O=C(O)NC1CC2CCC1c1nc(-c3ncc(Cc4ccc(F)cc4)s3)c(OCc3ccccc3)c(=O)n1C2. The molecule has 8 nitrogen and oxygen atoms in total. The second-order valence-corrected chi connectivity index (χ2v) is 11.2. The predicted molar refractivity (Wildman–Crippen MR) is 145 cm³/mol. The highest BCUT2D eigenvalue weighted by molar-refractivity contribution is 7.15. The fourth-order valence-corrected chi connectivity index (χ4v) is 6.56. The molecule has 10 heteroatoms. The van der Waals surface area contributed by atoms with E-state index in [4.69, 9.17) is 9.72 Å². The maximum Gasteiger partial charge on any atom is 0.404 e. The van der Waals surface area contributed by atoms with Crippen molar-refractivity contribution < 1.29 is 19.0 Å². The summed E-state index contributed by atoms with van der Waals surface area (Å²) in [7, 11) is 0. The molecule has 200 valence electrons. The van der Waals surface area contributed by atoms with Crippen molar-refractivity contribution in [3.05, 3.63) is 98.8 Å². The van der Waals surface area contributed by atoms with E-state index in [0.717, 1.165) is 28.8 Å². The van der Waals surface area contributed by atoms with Crippen LogP contribution in [0, 0.1) is 11.7 Å². The summed E-state index contributed by atoms with van der Waals surface area (Å²) in [5, 5.41) is 12.6. The van der Waals surface area contributed by atoms with Gasteiger partial charge >= 0.3 is 6.09 Å². The van der Waals surface area contributed by atoms with Gasteiger partial charge in [0.1, 0.15) is 29.0 Å². The first-order chi connectivity index (χ1) is 18.9. The number of aromatic nitrogens is 3. The smallest absolute Gasteiger partial charge is 0.404 e. The van der Waals surface area contributed by atoms with Crippen molar-refractivity contribution in [3.8, 4) is 16.5 Å². The molecule has 4 heterocycles. The summed E-state index contributed by atoms with van der Waals surface area (Å²) in [5.41, 5.74) is 1.97. The molecule has 0 spiro atoms. The molecule has 0 saturated heterocycles. The number of rotatable bonds is 7. The van der Waals surface area contributed by atoms with Gasteiger partial charge in [0.25, 0.3) is 5.56 Å². The third-order valence-corrected chi connectivity index (χ3v) is 8.48. The number of hydrogen-bond donors (Lipinski definition) is 2. The van der Waals surface area contributed by atoms with E-state index in [-0.39, 0.29) is 41.6 Å². The summed E-state index contributed by atoms with van der Waals surface area (Å²) in [6.07, 6.45) is 3.55. The molecular weight excluding hydrogens is 519 g/mol. The summed E-state index contributed by atoms with van der Waals surface area (Å²) in [5.74, 6) is 0.399. The maximum atomic E-state index is 14.0. The van der Waals surface area contributed by atoms with Gasteiger partial charge in [0.05, 0.1) is 0 Å². The highest BCUT2D eigenvalue weighted by Crippen LogP contribution is 2.41. The summed E-state index contributed by atoms with van der Waals surface area (Å²) in [4.78, 5) is 36.0. The van der Waals surface area contributed by atoms with Gasteiger partial charge in [-0.2, -0.15) is 0 Å².